The number of nitrogens with two attached hydrogens (primary N) is 1. The van der Waals surface area contributed by atoms with Gasteiger partial charge in [0.15, 0.2) is 5.69 Å². The van der Waals surface area contributed by atoms with Crippen molar-refractivity contribution in [2.75, 3.05) is 12.3 Å². The molecule has 1 aromatic rings. The van der Waals surface area contributed by atoms with E-state index in [9.17, 15) is 4.79 Å². The van der Waals surface area contributed by atoms with Gasteiger partial charge in [0.25, 0.3) is 5.91 Å². The van der Waals surface area contributed by atoms with Crippen molar-refractivity contribution < 1.29 is 9.90 Å². The Balaban J connectivity index is 2.14. The number of nitrogens with one attached hydrogen (secondary N) is 2. The van der Waals surface area contributed by atoms with E-state index in [1.165, 1.54) is 0 Å². The minimum atomic E-state index is -0.678. The number of aliphatic hydroxyl groups is 1. The second kappa shape index (κ2) is 4.03. The molecule has 6 heteroatoms. The van der Waals surface area contributed by atoms with Crippen molar-refractivity contribution in [3.8, 4) is 0 Å². The number of rotatable bonds is 4. The molecule has 5 N–H and O–H groups in total. The van der Waals surface area contributed by atoms with Gasteiger partial charge >= 0.3 is 0 Å². The highest BCUT2D eigenvalue weighted by Gasteiger charge is 2.31. The van der Waals surface area contributed by atoms with Crippen LogP contribution in [-0.4, -0.2) is 33.4 Å². The molecule has 1 fully saturated rings. The largest absolute Gasteiger partial charge is 0.395 e. The number of carbonyl (C=O) groups is 1. The topological polar surface area (TPSA) is 104 Å². The highest BCUT2D eigenvalue weighted by Crippen LogP contribution is 2.42. The first-order valence-corrected chi connectivity index (χ1v) is 5.71. The van der Waals surface area contributed by atoms with E-state index < -0.39 is 5.54 Å². The molecule has 0 atom stereocenters. The third kappa shape index (κ3) is 2.41. The first-order chi connectivity index (χ1) is 7.94. The Kier molecular flexibility index (Phi) is 2.82. The molecule has 0 saturated heterocycles. The summed E-state index contributed by atoms with van der Waals surface area (Å²) in [4.78, 5) is 11.9. The fraction of sp³-hybridized carbons (Fsp3) is 0.636. The zero-order valence-electron chi connectivity index (χ0n) is 10.1. The summed E-state index contributed by atoms with van der Waals surface area (Å²) in [7, 11) is 0. The summed E-state index contributed by atoms with van der Waals surface area (Å²) in [5, 5.41) is 18.5. The van der Waals surface area contributed by atoms with Crippen molar-refractivity contribution >= 4 is 11.6 Å². The summed E-state index contributed by atoms with van der Waals surface area (Å²) in [6, 6.07) is 0. The van der Waals surface area contributed by atoms with Gasteiger partial charge in [0.2, 0.25) is 0 Å². The molecule has 0 aliphatic heterocycles. The van der Waals surface area contributed by atoms with E-state index in [0.717, 1.165) is 18.5 Å². The van der Waals surface area contributed by atoms with Crippen LogP contribution in [0.1, 0.15) is 48.8 Å². The van der Waals surface area contributed by atoms with Gasteiger partial charge in [-0.1, -0.05) is 0 Å². The summed E-state index contributed by atoms with van der Waals surface area (Å²) in [5.74, 6) is 0.0691. The molecule has 0 aromatic carbocycles. The number of hydrogen-bond acceptors (Lipinski definition) is 4. The highest BCUT2D eigenvalue weighted by molar-refractivity contribution is 5.98. The Labute approximate surface area is 99.6 Å². The third-order valence-electron chi connectivity index (χ3n) is 2.88. The van der Waals surface area contributed by atoms with Gasteiger partial charge in [0.05, 0.1) is 23.5 Å². The Morgan fingerprint density at radius 3 is 2.82 bits per heavy atom. The van der Waals surface area contributed by atoms with Crippen molar-refractivity contribution in [2.45, 2.75) is 38.1 Å². The molecule has 1 heterocycles. The molecular weight excluding hydrogens is 220 g/mol. The molecule has 1 aromatic heterocycles. The fourth-order valence-electron chi connectivity index (χ4n) is 1.63. The van der Waals surface area contributed by atoms with Gasteiger partial charge in [0.1, 0.15) is 0 Å². The van der Waals surface area contributed by atoms with Crippen molar-refractivity contribution in [3.63, 3.8) is 0 Å². The van der Waals surface area contributed by atoms with Crippen molar-refractivity contribution in [1.29, 1.82) is 0 Å². The SMILES string of the molecule is CC(C)(CO)NC(=O)c1n[nH]c(C2CC2)c1N. The zero-order chi connectivity index (χ0) is 12.6. The van der Waals surface area contributed by atoms with E-state index in [0.29, 0.717) is 11.6 Å². The summed E-state index contributed by atoms with van der Waals surface area (Å²) in [6.07, 6.45) is 2.19. The quantitative estimate of drug-likeness (QED) is 0.608. The molecule has 2 rings (SSSR count). The lowest BCUT2D eigenvalue weighted by molar-refractivity contribution is 0.0865. The number of hydrogen-bond donors (Lipinski definition) is 4. The smallest absolute Gasteiger partial charge is 0.274 e. The molecule has 0 bridgehead atoms. The number of aliphatic hydroxyl groups excluding tert-OH is 1. The normalized spacial score (nSPS) is 15.9. The Morgan fingerprint density at radius 1 is 1.65 bits per heavy atom. The number of carbonyl (C=O) groups excluding carboxylic acids is 1. The maximum atomic E-state index is 11.9. The van der Waals surface area contributed by atoms with Gasteiger partial charge in [-0.2, -0.15) is 5.10 Å². The first kappa shape index (κ1) is 11.9. The molecule has 0 spiro atoms. The fourth-order valence-corrected chi connectivity index (χ4v) is 1.63. The maximum absolute atomic E-state index is 11.9. The molecule has 1 amide bonds. The van der Waals surface area contributed by atoms with Crippen LogP contribution in [0.4, 0.5) is 5.69 Å². The predicted octanol–water partition coefficient (Wildman–Crippen LogP) is 0.370. The molecule has 0 unspecified atom stereocenters. The van der Waals surface area contributed by atoms with Gasteiger partial charge in [-0.15, -0.1) is 0 Å². The summed E-state index contributed by atoms with van der Waals surface area (Å²) in [6.45, 7) is 3.32. The molecule has 1 aliphatic rings. The number of nitrogens with zero attached hydrogens (tertiary/aromatic N) is 1. The Bertz CT molecular complexity index is 435. The number of aromatic nitrogens is 2. The number of aromatic amines is 1. The molecule has 6 nitrogen and oxygen atoms in total. The average molecular weight is 238 g/mol. The molecule has 0 radical (unpaired) electrons. The second-order valence-electron chi connectivity index (χ2n) is 5.17. The molecule has 1 aliphatic carbocycles. The highest BCUT2D eigenvalue weighted by atomic mass is 16.3. The second-order valence-corrected chi connectivity index (χ2v) is 5.17. The van der Waals surface area contributed by atoms with Gasteiger partial charge in [0, 0.05) is 5.92 Å². The third-order valence-corrected chi connectivity index (χ3v) is 2.88. The van der Waals surface area contributed by atoms with E-state index in [-0.39, 0.29) is 18.2 Å². The molecule has 94 valence electrons. The van der Waals surface area contributed by atoms with E-state index >= 15 is 0 Å². The van der Waals surface area contributed by atoms with Crippen LogP contribution in [0.25, 0.3) is 0 Å². The number of amides is 1. The summed E-state index contributed by atoms with van der Waals surface area (Å²) in [5.41, 5.74) is 6.71. The van der Waals surface area contributed by atoms with Crippen LogP contribution in [0, 0.1) is 0 Å². The zero-order valence-corrected chi connectivity index (χ0v) is 10.1. The Morgan fingerprint density at radius 2 is 2.29 bits per heavy atom. The lowest BCUT2D eigenvalue weighted by Crippen LogP contribution is -2.46. The molecule has 1 saturated carbocycles. The van der Waals surface area contributed by atoms with Crippen LogP contribution < -0.4 is 11.1 Å². The minimum absolute atomic E-state index is 0.140. The van der Waals surface area contributed by atoms with Crippen LogP contribution in [0.15, 0.2) is 0 Å². The predicted molar refractivity (Wildman–Crippen MR) is 63.6 cm³/mol. The lowest BCUT2D eigenvalue weighted by atomic mass is 10.1. The standard InChI is InChI=1S/C11H18N4O2/c1-11(2,5-16)13-10(17)9-7(12)8(14-15-9)6-3-4-6/h6,16H,3-5,12H2,1-2H3,(H,13,17)(H,14,15). The van der Waals surface area contributed by atoms with E-state index in [1.54, 1.807) is 13.8 Å². The van der Waals surface area contributed by atoms with Crippen LogP contribution in [0.5, 0.6) is 0 Å². The molecule has 17 heavy (non-hydrogen) atoms. The van der Waals surface area contributed by atoms with Crippen LogP contribution >= 0.6 is 0 Å². The summed E-state index contributed by atoms with van der Waals surface area (Å²) < 4.78 is 0. The van der Waals surface area contributed by atoms with Crippen LogP contribution in [0.2, 0.25) is 0 Å². The number of nitrogen functional groups attached to an aromatic ring is 1. The Hall–Kier alpha value is -1.56. The van der Waals surface area contributed by atoms with Gasteiger partial charge in [-0.25, -0.2) is 0 Å². The average Bonchev–Trinajstić information content (AvgIpc) is 3.02. The maximum Gasteiger partial charge on any atom is 0.274 e. The minimum Gasteiger partial charge on any atom is -0.395 e. The monoisotopic (exact) mass is 238 g/mol. The van der Waals surface area contributed by atoms with Gasteiger partial charge < -0.3 is 16.2 Å². The summed E-state index contributed by atoms with van der Waals surface area (Å²) >= 11 is 0. The number of H-pyrrole nitrogens is 1. The van der Waals surface area contributed by atoms with Crippen molar-refractivity contribution in [3.05, 3.63) is 11.4 Å². The van der Waals surface area contributed by atoms with E-state index in [2.05, 4.69) is 15.5 Å². The van der Waals surface area contributed by atoms with E-state index in [1.807, 2.05) is 0 Å². The van der Waals surface area contributed by atoms with Crippen LogP contribution in [-0.2, 0) is 0 Å². The van der Waals surface area contributed by atoms with Crippen molar-refractivity contribution in [1.82, 2.24) is 15.5 Å². The van der Waals surface area contributed by atoms with Gasteiger partial charge in [-0.3, -0.25) is 9.89 Å². The first-order valence-electron chi connectivity index (χ1n) is 5.71. The van der Waals surface area contributed by atoms with Crippen molar-refractivity contribution in [2.24, 2.45) is 0 Å². The van der Waals surface area contributed by atoms with Crippen LogP contribution in [0.3, 0.4) is 0 Å². The number of anilines is 1. The van der Waals surface area contributed by atoms with Gasteiger partial charge in [-0.05, 0) is 26.7 Å². The molecular formula is C11H18N4O2. The van der Waals surface area contributed by atoms with E-state index in [4.69, 9.17) is 10.8 Å². The lowest BCUT2D eigenvalue weighted by Gasteiger charge is -2.22.